The molecule has 3 nitrogen and oxygen atoms in total. The molecule has 0 atom stereocenters. The summed E-state index contributed by atoms with van der Waals surface area (Å²) in [6.07, 6.45) is 1.81. The Morgan fingerprint density at radius 2 is 1.71 bits per heavy atom. The number of amides is 1. The zero-order valence-electron chi connectivity index (χ0n) is 11.9. The van der Waals surface area contributed by atoms with E-state index in [0.717, 1.165) is 11.3 Å². The zero-order valence-corrected chi connectivity index (χ0v) is 11.9. The van der Waals surface area contributed by atoms with E-state index in [1.165, 1.54) is 12.1 Å². The third-order valence-electron chi connectivity index (χ3n) is 3.34. The number of hydrogen-bond donors (Lipinski definition) is 0. The molecule has 0 bridgehead atoms. The van der Waals surface area contributed by atoms with E-state index in [4.69, 9.17) is 0 Å². The Balaban J connectivity index is 2.15. The molecule has 0 aromatic heterocycles. The molecule has 106 valence electrons. The highest BCUT2D eigenvalue weighted by Gasteiger charge is 2.33. The highest BCUT2D eigenvalue weighted by molar-refractivity contribution is 6.34. The number of hydrogen-bond acceptors (Lipinski definition) is 2. The summed E-state index contributed by atoms with van der Waals surface area (Å²) in [4.78, 5) is 16.2. The normalized spacial score (nSPS) is 15.5. The van der Waals surface area contributed by atoms with Crippen molar-refractivity contribution in [3.8, 4) is 0 Å². The van der Waals surface area contributed by atoms with Gasteiger partial charge >= 0.3 is 0 Å². The summed E-state index contributed by atoms with van der Waals surface area (Å²) in [5, 5.41) is 0. The second-order valence-corrected chi connectivity index (χ2v) is 5.14. The van der Waals surface area contributed by atoms with E-state index < -0.39 is 0 Å². The number of nitrogens with zero attached hydrogens (tertiary/aromatic N) is 2. The summed E-state index contributed by atoms with van der Waals surface area (Å²) >= 11 is 0. The highest BCUT2D eigenvalue weighted by Crippen LogP contribution is 2.41. The van der Waals surface area contributed by atoms with Gasteiger partial charge in [0.2, 0.25) is 0 Å². The van der Waals surface area contributed by atoms with Crippen molar-refractivity contribution in [1.82, 2.24) is 4.90 Å². The lowest BCUT2D eigenvalue weighted by Crippen LogP contribution is -2.21. The third kappa shape index (κ3) is 2.29. The second kappa shape index (κ2) is 5.05. The largest absolute Gasteiger partial charge is 0.383 e. The van der Waals surface area contributed by atoms with Crippen molar-refractivity contribution in [3.05, 3.63) is 66.1 Å². The fourth-order valence-corrected chi connectivity index (χ4v) is 2.47. The highest BCUT2D eigenvalue weighted by atomic mass is 19.1. The molecule has 2 aromatic carbocycles. The first-order chi connectivity index (χ1) is 10.1. The molecule has 0 N–H and O–H groups in total. The van der Waals surface area contributed by atoms with Crippen molar-refractivity contribution >= 4 is 22.9 Å². The second-order valence-electron chi connectivity index (χ2n) is 5.14. The fourth-order valence-electron chi connectivity index (χ4n) is 2.47. The lowest BCUT2D eigenvalue weighted by molar-refractivity contribution is -0.112. The van der Waals surface area contributed by atoms with Crippen LogP contribution in [0.5, 0.6) is 0 Å². The number of fused-ring (bicyclic) bond motifs is 1. The average molecular weight is 282 g/mol. The van der Waals surface area contributed by atoms with Gasteiger partial charge in [-0.05, 0) is 30.3 Å². The van der Waals surface area contributed by atoms with Gasteiger partial charge in [-0.1, -0.05) is 18.2 Å². The number of para-hydroxylation sites is 1. The molecule has 3 rings (SSSR count). The Bertz CT molecular complexity index is 720. The van der Waals surface area contributed by atoms with Crippen LogP contribution in [-0.2, 0) is 4.79 Å². The molecule has 2 aromatic rings. The standard InChI is InChI=1S/C17H15FN2O/c1-19(2)11-15-14-5-3-4-6-16(14)20(17(15)21)13-9-7-12(18)8-10-13/h3-11H,1-2H3/b15-11-. The lowest BCUT2D eigenvalue weighted by Gasteiger charge is -2.17. The maximum Gasteiger partial charge on any atom is 0.265 e. The molecule has 0 spiro atoms. The molecule has 1 aliphatic rings. The van der Waals surface area contributed by atoms with E-state index in [-0.39, 0.29) is 11.7 Å². The van der Waals surface area contributed by atoms with Crippen molar-refractivity contribution in [2.45, 2.75) is 0 Å². The monoisotopic (exact) mass is 282 g/mol. The van der Waals surface area contributed by atoms with Crippen molar-refractivity contribution in [2.75, 3.05) is 19.0 Å². The van der Waals surface area contributed by atoms with Crippen molar-refractivity contribution in [3.63, 3.8) is 0 Å². The van der Waals surface area contributed by atoms with Gasteiger partial charge in [-0.3, -0.25) is 9.69 Å². The van der Waals surface area contributed by atoms with Crippen molar-refractivity contribution in [1.29, 1.82) is 0 Å². The van der Waals surface area contributed by atoms with Crippen LogP contribution in [0.2, 0.25) is 0 Å². The van der Waals surface area contributed by atoms with Gasteiger partial charge in [-0.15, -0.1) is 0 Å². The van der Waals surface area contributed by atoms with Crippen LogP contribution in [0.4, 0.5) is 15.8 Å². The number of benzene rings is 2. The van der Waals surface area contributed by atoms with Crippen LogP contribution >= 0.6 is 0 Å². The minimum atomic E-state index is -0.317. The van der Waals surface area contributed by atoms with Gasteiger partial charge in [0.15, 0.2) is 0 Å². The quantitative estimate of drug-likeness (QED) is 0.788. The maximum absolute atomic E-state index is 13.1. The molecule has 0 fully saturated rings. The predicted octanol–water partition coefficient (Wildman–Crippen LogP) is 3.41. The van der Waals surface area contributed by atoms with Gasteiger partial charge < -0.3 is 4.90 Å². The summed E-state index contributed by atoms with van der Waals surface area (Å²) in [7, 11) is 3.76. The Morgan fingerprint density at radius 3 is 2.38 bits per heavy atom. The van der Waals surface area contributed by atoms with Crippen LogP contribution < -0.4 is 4.90 Å². The van der Waals surface area contributed by atoms with E-state index in [1.54, 1.807) is 17.0 Å². The molecular weight excluding hydrogens is 267 g/mol. The summed E-state index contributed by atoms with van der Waals surface area (Å²) in [5.41, 5.74) is 3.01. The average Bonchev–Trinajstić information content (AvgIpc) is 2.73. The number of halogens is 1. The molecule has 1 aliphatic heterocycles. The lowest BCUT2D eigenvalue weighted by atomic mass is 10.1. The van der Waals surface area contributed by atoms with Gasteiger partial charge in [0.05, 0.1) is 11.3 Å². The molecule has 1 heterocycles. The van der Waals surface area contributed by atoms with Crippen molar-refractivity contribution < 1.29 is 9.18 Å². The summed E-state index contributed by atoms with van der Waals surface area (Å²) in [5.74, 6) is -0.417. The van der Waals surface area contributed by atoms with Gasteiger partial charge in [0, 0.05) is 31.5 Å². The Hall–Kier alpha value is -2.62. The SMILES string of the molecule is CN(C)/C=C1\C(=O)N(c2ccc(F)cc2)c2ccccc21. The molecule has 4 heteroatoms. The smallest absolute Gasteiger partial charge is 0.265 e. The van der Waals surface area contributed by atoms with Gasteiger partial charge in [-0.25, -0.2) is 4.39 Å². The third-order valence-corrected chi connectivity index (χ3v) is 3.34. The van der Waals surface area contributed by atoms with Gasteiger partial charge in [0.25, 0.3) is 5.91 Å². The summed E-state index contributed by atoms with van der Waals surface area (Å²) in [6.45, 7) is 0. The Labute approximate surface area is 122 Å². The number of anilines is 2. The minimum absolute atomic E-state index is 0.100. The molecule has 0 saturated carbocycles. The summed E-state index contributed by atoms with van der Waals surface area (Å²) < 4.78 is 13.1. The van der Waals surface area contributed by atoms with Crippen LogP contribution in [-0.4, -0.2) is 24.9 Å². The molecule has 0 aliphatic carbocycles. The Kier molecular flexibility index (Phi) is 3.22. The molecule has 21 heavy (non-hydrogen) atoms. The topological polar surface area (TPSA) is 23.6 Å². The number of rotatable bonds is 2. The molecular formula is C17H15FN2O. The van der Waals surface area contributed by atoms with Crippen LogP contribution in [0.1, 0.15) is 5.56 Å². The van der Waals surface area contributed by atoms with E-state index in [0.29, 0.717) is 11.3 Å². The van der Waals surface area contributed by atoms with Crippen LogP contribution in [0.25, 0.3) is 5.57 Å². The molecule has 0 radical (unpaired) electrons. The first-order valence-electron chi connectivity index (χ1n) is 6.65. The number of carbonyl (C=O) groups excluding carboxylic acids is 1. The number of carbonyl (C=O) groups is 1. The predicted molar refractivity (Wildman–Crippen MR) is 81.7 cm³/mol. The maximum atomic E-state index is 13.1. The van der Waals surface area contributed by atoms with Crippen molar-refractivity contribution in [2.24, 2.45) is 0 Å². The van der Waals surface area contributed by atoms with Crippen LogP contribution in [0.3, 0.4) is 0 Å². The van der Waals surface area contributed by atoms with Crippen LogP contribution in [0.15, 0.2) is 54.7 Å². The van der Waals surface area contributed by atoms with Gasteiger partial charge in [0.1, 0.15) is 5.82 Å². The van der Waals surface area contributed by atoms with Crippen LogP contribution in [0, 0.1) is 5.82 Å². The first kappa shape index (κ1) is 13.4. The fraction of sp³-hybridized carbons (Fsp3) is 0.118. The molecule has 1 amide bonds. The van der Waals surface area contributed by atoms with E-state index in [9.17, 15) is 9.18 Å². The van der Waals surface area contributed by atoms with E-state index >= 15 is 0 Å². The first-order valence-corrected chi connectivity index (χ1v) is 6.65. The summed E-state index contributed by atoms with van der Waals surface area (Å²) in [6, 6.07) is 13.6. The molecule has 0 saturated heterocycles. The zero-order chi connectivity index (χ0) is 15.0. The van der Waals surface area contributed by atoms with Gasteiger partial charge in [-0.2, -0.15) is 0 Å². The van der Waals surface area contributed by atoms with E-state index in [2.05, 4.69) is 0 Å². The Morgan fingerprint density at radius 1 is 1.05 bits per heavy atom. The van der Waals surface area contributed by atoms with E-state index in [1.807, 2.05) is 49.5 Å². The minimum Gasteiger partial charge on any atom is -0.383 e. The molecule has 0 unspecified atom stereocenters.